The highest BCUT2D eigenvalue weighted by Gasteiger charge is 2.27. The molecule has 1 aliphatic rings. The van der Waals surface area contributed by atoms with E-state index in [2.05, 4.69) is 83.3 Å². The minimum atomic E-state index is -0.0797. The van der Waals surface area contributed by atoms with Crippen LogP contribution in [0.1, 0.15) is 69.4 Å². The van der Waals surface area contributed by atoms with Crippen LogP contribution in [0.15, 0.2) is 36.4 Å². The maximum atomic E-state index is 10.9. The fourth-order valence-corrected chi connectivity index (χ4v) is 3.91. The van der Waals surface area contributed by atoms with Gasteiger partial charge in [0, 0.05) is 12.6 Å². The Hall–Kier alpha value is -1.80. The van der Waals surface area contributed by atoms with Crippen LogP contribution in [0.2, 0.25) is 0 Å². The van der Waals surface area contributed by atoms with Gasteiger partial charge in [-0.2, -0.15) is 0 Å². The smallest absolute Gasteiger partial charge is 0.123 e. The first-order valence-corrected chi connectivity index (χ1v) is 9.73. The maximum Gasteiger partial charge on any atom is 0.123 e. The van der Waals surface area contributed by atoms with Crippen molar-refractivity contribution >= 4 is 0 Å². The largest absolute Gasteiger partial charge is 0.507 e. The fraction of sp³-hybridized carbons (Fsp3) is 0.500. The molecule has 0 aliphatic heterocycles. The number of phenolic OH excluding ortho intramolecular Hbond substituents is 1. The Kier molecular flexibility index (Phi) is 4.92. The molecule has 0 saturated carbocycles. The lowest BCUT2D eigenvalue weighted by Crippen LogP contribution is -2.29. The first-order chi connectivity index (χ1) is 12.1. The second kappa shape index (κ2) is 6.74. The van der Waals surface area contributed by atoms with Crippen molar-refractivity contribution < 1.29 is 5.11 Å². The Morgan fingerprint density at radius 1 is 0.885 bits per heavy atom. The highest BCUT2D eigenvalue weighted by Crippen LogP contribution is 2.39. The van der Waals surface area contributed by atoms with E-state index in [9.17, 15) is 5.11 Å². The number of rotatable bonds is 3. The van der Waals surface area contributed by atoms with Gasteiger partial charge in [0.05, 0.1) is 0 Å². The Morgan fingerprint density at radius 2 is 1.35 bits per heavy atom. The van der Waals surface area contributed by atoms with Crippen LogP contribution in [-0.4, -0.2) is 11.1 Å². The first-order valence-electron chi connectivity index (χ1n) is 9.73. The molecule has 0 heterocycles. The van der Waals surface area contributed by atoms with Gasteiger partial charge >= 0.3 is 0 Å². The number of nitrogens with one attached hydrogen (secondary N) is 1. The Bertz CT molecular complexity index is 733. The molecule has 0 spiro atoms. The monoisotopic (exact) mass is 351 g/mol. The average molecular weight is 352 g/mol. The van der Waals surface area contributed by atoms with Gasteiger partial charge in [0.1, 0.15) is 5.75 Å². The number of hydrogen-bond acceptors (Lipinski definition) is 2. The SMILES string of the molecule is CC(C)(C)c1cc(CNC2Cc3ccccc3C2)cc(C(C)(C)C)c1O. The van der Waals surface area contributed by atoms with Crippen LogP contribution in [0.25, 0.3) is 0 Å². The van der Waals surface area contributed by atoms with Crippen molar-refractivity contribution in [1.29, 1.82) is 0 Å². The molecular formula is C24H33NO. The van der Waals surface area contributed by atoms with Crippen LogP contribution in [0, 0.1) is 0 Å². The average Bonchev–Trinajstić information content (AvgIpc) is 2.94. The molecule has 0 bridgehead atoms. The molecule has 2 N–H and O–H groups in total. The molecule has 0 aromatic heterocycles. The summed E-state index contributed by atoms with van der Waals surface area (Å²) < 4.78 is 0. The standard InChI is InChI=1S/C24H33NO/c1-23(2,3)20-11-16(12-21(22(20)26)24(4,5)6)15-25-19-13-17-9-7-8-10-18(17)14-19/h7-12,19,25-26H,13-15H2,1-6H3. The van der Waals surface area contributed by atoms with Crippen LogP contribution in [0.3, 0.4) is 0 Å². The van der Waals surface area contributed by atoms with Gasteiger partial charge in [0.2, 0.25) is 0 Å². The Balaban J connectivity index is 1.82. The van der Waals surface area contributed by atoms with E-state index in [-0.39, 0.29) is 10.8 Å². The predicted molar refractivity (Wildman–Crippen MR) is 110 cm³/mol. The molecule has 2 nitrogen and oxygen atoms in total. The summed E-state index contributed by atoms with van der Waals surface area (Å²) >= 11 is 0. The molecule has 26 heavy (non-hydrogen) atoms. The third kappa shape index (κ3) is 3.96. The highest BCUT2D eigenvalue weighted by molar-refractivity contribution is 5.50. The van der Waals surface area contributed by atoms with E-state index >= 15 is 0 Å². The van der Waals surface area contributed by atoms with Crippen molar-refractivity contribution in [2.45, 2.75) is 77.8 Å². The van der Waals surface area contributed by atoms with Crippen LogP contribution >= 0.6 is 0 Å². The van der Waals surface area contributed by atoms with Crippen molar-refractivity contribution in [3.05, 3.63) is 64.2 Å². The quantitative estimate of drug-likeness (QED) is 0.792. The molecular weight excluding hydrogens is 318 g/mol. The summed E-state index contributed by atoms with van der Waals surface area (Å²) in [6.07, 6.45) is 2.21. The van der Waals surface area contributed by atoms with Gasteiger partial charge in [-0.25, -0.2) is 0 Å². The third-order valence-corrected chi connectivity index (χ3v) is 5.43. The van der Waals surface area contributed by atoms with E-state index in [1.54, 1.807) is 0 Å². The minimum Gasteiger partial charge on any atom is -0.507 e. The lowest BCUT2D eigenvalue weighted by atomic mass is 9.78. The summed E-state index contributed by atoms with van der Waals surface area (Å²) in [6.45, 7) is 13.8. The number of hydrogen-bond donors (Lipinski definition) is 2. The number of phenols is 1. The number of fused-ring (bicyclic) bond motifs is 1. The molecule has 0 unspecified atom stereocenters. The summed E-state index contributed by atoms with van der Waals surface area (Å²) in [6, 6.07) is 13.6. The molecule has 0 radical (unpaired) electrons. The molecule has 2 heteroatoms. The maximum absolute atomic E-state index is 10.9. The summed E-state index contributed by atoms with van der Waals surface area (Å²) in [5.74, 6) is 0.460. The zero-order valence-electron chi connectivity index (χ0n) is 17.1. The highest BCUT2D eigenvalue weighted by atomic mass is 16.3. The van der Waals surface area contributed by atoms with Gasteiger partial charge in [0.15, 0.2) is 0 Å². The van der Waals surface area contributed by atoms with E-state index in [1.165, 1.54) is 16.7 Å². The van der Waals surface area contributed by atoms with Crippen LogP contribution in [0.4, 0.5) is 0 Å². The Morgan fingerprint density at radius 3 is 1.77 bits per heavy atom. The third-order valence-electron chi connectivity index (χ3n) is 5.43. The van der Waals surface area contributed by atoms with Crippen molar-refractivity contribution in [2.24, 2.45) is 0 Å². The molecule has 140 valence electrons. The van der Waals surface area contributed by atoms with Crippen LogP contribution in [-0.2, 0) is 30.2 Å². The van der Waals surface area contributed by atoms with Crippen LogP contribution in [0.5, 0.6) is 5.75 Å². The zero-order chi connectivity index (χ0) is 19.1. The van der Waals surface area contributed by atoms with E-state index < -0.39 is 0 Å². The van der Waals surface area contributed by atoms with Crippen molar-refractivity contribution in [2.75, 3.05) is 0 Å². The van der Waals surface area contributed by atoms with Gasteiger partial charge in [0.25, 0.3) is 0 Å². The zero-order valence-corrected chi connectivity index (χ0v) is 17.1. The van der Waals surface area contributed by atoms with Crippen molar-refractivity contribution in [3.63, 3.8) is 0 Å². The van der Waals surface area contributed by atoms with E-state index in [1.807, 2.05) is 0 Å². The fourth-order valence-electron chi connectivity index (χ4n) is 3.91. The van der Waals surface area contributed by atoms with E-state index in [0.29, 0.717) is 11.8 Å². The topological polar surface area (TPSA) is 32.3 Å². The summed E-state index contributed by atoms with van der Waals surface area (Å²) in [7, 11) is 0. The van der Waals surface area contributed by atoms with Crippen molar-refractivity contribution in [3.8, 4) is 5.75 Å². The van der Waals surface area contributed by atoms with Gasteiger partial charge in [-0.3, -0.25) is 0 Å². The molecule has 0 atom stereocenters. The minimum absolute atomic E-state index is 0.0797. The number of aromatic hydroxyl groups is 1. The second-order valence-electron chi connectivity index (χ2n) is 9.79. The van der Waals surface area contributed by atoms with E-state index in [4.69, 9.17) is 0 Å². The molecule has 2 aromatic carbocycles. The lowest BCUT2D eigenvalue weighted by molar-refractivity contribution is 0.422. The van der Waals surface area contributed by atoms with Gasteiger partial charge in [-0.05, 0) is 51.5 Å². The van der Waals surface area contributed by atoms with E-state index in [0.717, 1.165) is 30.5 Å². The summed E-state index contributed by atoms with van der Waals surface area (Å²) in [5, 5.41) is 14.6. The number of benzene rings is 2. The molecule has 0 amide bonds. The van der Waals surface area contributed by atoms with Crippen LogP contribution < -0.4 is 5.32 Å². The predicted octanol–water partition coefficient (Wildman–Crippen LogP) is 5.24. The molecule has 3 rings (SSSR count). The summed E-state index contributed by atoms with van der Waals surface area (Å²) in [4.78, 5) is 0. The van der Waals surface area contributed by atoms with Gasteiger partial charge in [-0.15, -0.1) is 0 Å². The molecule has 1 aliphatic carbocycles. The lowest BCUT2D eigenvalue weighted by Gasteiger charge is -2.28. The molecule has 0 saturated heterocycles. The molecule has 2 aromatic rings. The normalized spacial score (nSPS) is 15.3. The molecule has 0 fully saturated rings. The Labute approximate surface area is 158 Å². The van der Waals surface area contributed by atoms with Crippen molar-refractivity contribution in [1.82, 2.24) is 5.32 Å². The second-order valence-corrected chi connectivity index (χ2v) is 9.79. The summed E-state index contributed by atoms with van der Waals surface area (Å²) in [5.41, 5.74) is 6.12. The van der Waals surface area contributed by atoms with Gasteiger partial charge in [-0.1, -0.05) is 77.9 Å². The first kappa shape index (κ1) is 19.0. The van der Waals surface area contributed by atoms with Gasteiger partial charge < -0.3 is 10.4 Å².